The quantitative estimate of drug-likeness (QED) is 0.837. The molecule has 2 unspecified atom stereocenters. The van der Waals surface area contributed by atoms with Gasteiger partial charge in [-0.3, -0.25) is 0 Å². The van der Waals surface area contributed by atoms with E-state index in [1.807, 2.05) is 12.1 Å². The fourth-order valence-corrected chi connectivity index (χ4v) is 2.87. The van der Waals surface area contributed by atoms with Gasteiger partial charge in [-0.2, -0.15) is 0 Å². The molecule has 0 aliphatic carbocycles. The highest BCUT2D eigenvalue weighted by molar-refractivity contribution is 7.91. The zero-order chi connectivity index (χ0) is 14.5. The monoisotopic (exact) mass is 283 g/mol. The third-order valence-electron chi connectivity index (χ3n) is 3.61. The first-order valence-corrected chi connectivity index (χ1v) is 8.63. The van der Waals surface area contributed by atoms with Crippen LogP contribution in [0.15, 0.2) is 29.2 Å². The number of hydrogen-bond acceptors (Lipinski definition) is 3. The molecule has 0 saturated carbocycles. The van der Waals surface area contributed by atoms with Gasteiger partial charge in [0, 0.05) is 6.04 Å². The van der Waals surface area contributed by atoms with Crippen LogP contribution in [0.2, 0.25) is 0 Å². The van der Waals surface area contributed by atoms with Crippen LogP contribution in [0, 0.1) is 0 Å². The molecule has 1 aromatic rings. The molecule has 0 aliphatic heterocycles. The van der Waals surface area contributed by atoms with Crippen LogP contribution < -0.4 is 5.32 Å². The maximum Gasteiger partial charge on any atom is 0.178 e. The minimum atomic E-state index is -3.09. The maximum atomic E-state index is 11.7. The largest absolute Gasteiger partial charge is 0.314 e. The van der Waals surface area contributed by atoms with Gasteiger partial charge in [0.05, 0.1) is 10.6 Å². The second-order valence-corrected chi connectivity index (χ2v) is 7.28. The van der Waals surface area contributed by atoms with Gasteiger partial charge < -0.3 is 5.32 Å². The van der Waals surface area contributed by atoms with Crippen LogP contribution in [0.25, 0.3) is 0 Å². The highest BCUT2D eigenvalue weighted by Crippen LogP contribution is 2.21. The summed E-state index contributed by atoms with van der Waals surface area (Å²) in [6, 6.07) is 7.68. The van der Waals surface area contributed by atoms with Crippen LogP contribution in [0.4, 0.5) is 0 Å². The second-order valence-electron chi connectivity index (χ2n) is 5.00. The minimum Gasteiger partial charge on any atom is -0.314 e. The summed E-state index contributed by atoms with van der Waals surface area (Å²) in [7, 11) is -3.09. The van der Waals surface area contributed by atoms with Gasteiger partial charge in [-0.1, -0.05) is 32.9 Å². The Morgan fingerprint density at radius 2 is 1.68 bits per heavy atom. The molecule has 108 valence electrons. The van der Waals surface area contributed by atoms with Gasteiger partial charge in [-0.15, -0.1) is 0 Å². The summed E-state index contributed by atoms with van der Waals surface area (Å²) in [5.41, 5.74) is 1.17. The van der Waals surface area contributed by atoms with Crippen molar-refractivity contribution in [1.29, 1.82) is 0 Å². The average Bonchev–Trinajstić information content (AvgIpc) is 2.44. The second kappa shape index (κ2) is 7.06. The Hall–Kier alpha value is -0.870. The van der Waals surface area contributed by atoms with Crippen LogP contribution in [0.5, 0.6) is 0 Å². The Labute approximate surface area is 117 Å². The Balaban J connectivity index is 2.81. The van der Waals surface area contributed by atoms with E-state index in [4.69, 9.17) is 0 Å². The summed E-state index contributed by atoms with van der Waals surface area (Å²) in [4.78, 5) is 0.417. The first-order chi connectivity index (χ1) is 8.92. The first kappa shape index (κ1) is 16.2. The van der Waals surface area contributed by atoms with Gasteiger partial charge >= 0.3 is 0 Å². The van der Waals surface area contributed by atoms with E-state index in [0.29, 0.717) is 16.9 Å². The predicted molar refractivity (Wildman–Crippen MR) is 80.3 cm³/mol. The van der Waals surface area contributed by atoms with Gasteiger partial charge in [0.2, 0.25) is 0 Å². The lowest BCUT2D eigenvalue weighted by Gasteiger charge is -2.21. The highest BCUT2D eigenvalue weighted by Gasteiger charge is 2.15. The molecule has 2 atom stereocenters. The Bertz CT molecular complexity index is 479. The summed E-state index contributed by atoms with van der Waals surface area (Å²) in [6.45, 7) is 9.15. The van der Waals surface area contributed by atoms with Gasteiger partial charge in [0.1, 0.15) is 0 Å². The topological polar surface area (TPSA) is 46.2 Å². The van der Waals surface area contributed by atoms with E-state index >= 15 is 0 Å². The minimum absolute atomic E-state index is 0.149. The number of sulfone groups is 1. The van der Waals surface area contributed by atoms with Gasteiger partial charge in [0.25, 0.3) is 0 Å². The number of nitrogens with one attached hydrogen (secondary N) is 1. The molecule has 1 N–H and O–H groups in total. The smallest absolute Gasteiger partial charge is 0.178 e. The molecule has 0 amide bonds. The molecule has 0 bridgehead atoms. The molecule has 1 rings (SSSR count). The van der Waals surface area contributed by atoms with Crippen LogP contribution in [0.1, 0.15) is 45.6 Å². The number of rotatable bonds is 7. The SMILES string of the molecule is CCCNC(C)C(C)c1ccc(S(=O)(=O)CC)cc1. The van der Waals surface area contributed by atoms with E-state index in [1.165, 1.54) is 5.56 Å². The summed E-state index contributed by atoms with van der Waals surface area (Å²) in [6.07, 6.45) is 1.12. The van der Waals surface area contributed by atoms with Crippen molar-refractivity contribution in [3.63, 3.8) is 0 Å². The van der Waals surface area contributed by atoms with Crippen molar-refractivity contribution in [2.45, 2.75) is 51.0 Å². The Morgan fingerprint density at radius 1 is 1.11 bits per heavy atom. The van der Waals surface area contributed by atoms with Gasteiger partial charge in [0.15, 0.2) is 9.84 Å². The molecule has 0 aliphatic rings. The van der Waals surface area contributed by atoms with Crippen molar-refractivity contribution < 1.29 is 8.42 Å². The highest BCUT2D eigenvalue weighted by atomic mass is 32.2. The van der Waals surface area contributed by atoms with E-state index in [1.54, 1.807) is 19.1 Å². The van der Waals surface area contributed by atoms with Crippen molar-refractivity contribution in [2.75, 3.05) is 12.3 Å². The predicted octanol–water partition coefficient (Wildman–Crippen LogP) is 2.97. The standard InChI is InChI=1S/C15H25NO2S/c1-5-11-16-13(4)12(3)14-7-9-15(10-8-14)19(17,18)6-2/h7-10,12-13,16H,5-6,11H2,1-4H3. The molecular formula is C15H25NO2S. The van der Waals surface area contributed by atoms with Crippen LogP contribution >= 0.6 is 0 Å². The molecule has 0 heterocycles. The van der Waals surface area contributed by atoms with Crippen molar-refractivity contribution in [2.24, 2.45) is 0 Å². The molecule has 0 saturated heterocycles. The Kier molecular flexibility index (Phi) is 6.01. The average molecular weight is 283 g/mol. The van der Waals surface area contributed by atoms with Crippen LogP contribution in [-0.4, -0.2) is 26.8 Å². The number of benzene rings is 1. The third kappa shape index (κ3) is 4.32. The van der Waals surface area contributed by atoms with Gasteiger partial charge in [-0.05, 0) is 43.5 Å². The Morgan fingerprint density at radius 3 is 2.16 bits per heavy atom. The lowest BCUT2D eigenvalue weighted by Crippen LogP contribution is -2.31. The van der Waals surface area contributed by atoms with Crippen molar-refractivity contribution >= 4 is 9.84 Å². The van der Waals surface area contributed by atoms with E-state index in [0.717, 1.165) is 13.0 Å². The van der Waals surface area contributed by atoms with Crippen molar-refractivity contribution in [1.82, 2.24) is 5.32 Å². The normalized spacial score (nSPS) is 15.2. The van der Waals surface area contributed by atoms with E-state index in [-0.39, 0.29) is 5.75 Å². The summed E-state index contributed by atoms with van der Waals surface area (Å²) >= 11 is 0. The summed E-state index contributed by atoms with van der Waals surface area (Å²) in [5, 5.41) is 3.47. The lowest BCUT2D eigenvalue weighted by atomic mass is 9.94. The molecule has 0 fully saturated rings. The van der Waals surface area contributed by atoms with Gasteiger partial charge in [-0.25, -0.2) is 8.42 Å². The molecule has 4 heteroatoms. The molecule has 0 aromatic heterocycles. The summed E-state index contributed by atoms with van der Waals surface area (Å²) < 4.78 is 23.5. The van der Waals surface area contributed by atoms with Crippen LogP contribution in [-0.2, 0) is 9.84 Å². The van der Waals surface area contributed by atoms with E-state index < -0.39 is 9.84 Å². The molecule has 0 radical (unpaired) electrons. The zero-order valence-electron chi connectivity index (χ0n) is 12.3. The zero-order valence-corrected chi connectivity index (χ0v) is 13.1. The molecule has 19 heavy (non-hydrogen) atoms. The lowest BCUT2D eigenvalue weighted by molar-refractivity contribution is 0.481. The van der Waals surface area contributed by atoms with E-state index in [9.17, 15) is 8.42 Å². The van der Waals surface area contributed by atoms with Crippen molar-refractivity contribution in [3.8, 4) is 0 Å². The van der Waals surface area contributed by atoms with Crippen molar-refractivity contribution in [3.05, 3.63) is 29.8 Å². The molecule has 1 aromatic carbocycles. The third-order valence-corrected chi connectivity index (χ3v) is 5.36. The fourth-order valence-electron chi connectivity index (χ4n) is 1.98. The molecule has 3 nitrogen and oxygen atoms in total. The molecule has 0 spiro atoms. The van der Waals surface area contributed by atoms with Crippen LogP contribution in [0.3, 0.4) is 0 Å². The number of hydrogen-bond donors (Lipinski definition) is 1. The molecular weight excluding hydrogens is 258 g/mol. The first-order valence-electron chi connectivity index (χ1n) is 6.98. The fraction of sp³-hybridized carbons (Fsp3) is 0.600. The summed E-state index contributed by atoms with van der Waals surface area (Å²) in [5.74, 6) is 0.515. The van der Waals surface area contributed by atoms with E-state index in [2.05, 4.69) is 26.1 Å². The maximum absolute atomic E-state index is 11.7.